The maximum atomic E-state index is 16.0. The van der Waals surface area contributed by atoms with E-state index in [1.807, 2.05) is 0 Å². The molecule has 1 saturated heterocycles. The van der Waals surface area contributed by atoms with E-state index in [0.717, 1.165) is 5.56 Å². The van der Waals surface area contributed by atoms with E-state index in [9.17, 15) is 22.7 Å². The summed E-state index contributed by atoms with van der Waals surface area (Å²) >= 11 is 0. The van der Waals surface area contributed by atoms with Crippen molar-refractivity contribution in [1.82, 2.24) is 4.31 Å². The summed E-state index contributed by atoms with van der Waals surface area (Å²) < 4.78 is 73.5. The number of sulfonamides is 1. The molecule has 36 heavy (non-hydrogen) atoms. The first kappa shape index (κ1) is 28.4. The molecule has 1 aliphatic heterocycles. The molecular formula is C26H34F3NO4SSi. The Labute approximate surface area is 212 Å². The minimum absolute atomic E-state index is 0.0281. The summed E-state index contributed by atoms with van der Waals surface area (Å²) in [5.41, 5.74) is -4.43. The van der Waals surface area contributed by atoms with Crippen LogP contribution < -0.4 is 0 Å². The molecule has 1 aliphatic rings. The highest BCUT2D eigenvalue weighted by molar-refractivity contribution is 7.89. The highest BCUT2D eigenvalue weighted by Gasteiger charge is 2.70. The van der Waals surface area contributed by atoms with Crippen LogP contribution in [0.4, 0.5) is 13.2 Å². The van der Waals surface area contributed by atoms with Gasteiger partial charge in [0.15, 0.2) is 0 Å². The van der Waals surface area contributed by atoms with Crippen LogP contribution in [-0.2, 0) is 14.8 Å². The largest absolute Gasteiger partial charge is 0.388 e. The molecule has 2 aromatic carbocycles. The number of nitrogens with zero attached hydrogens (tertiary/aromatic N) is 1. The van der Waals surface area contributed by atoms with Gasteiger partial charge in [-0.2, -0.15) is 0 Å². The third-order valence-electron chi connectivity index (χ3n) is 7.26. The predicted molar refractivity (Wildman–Crippen MR) is 135 cm³/mol. The second kappa shape index (κ2) is 9.94. The van der Waals surface area contributed by atoms with Crippen LogP contribution in [0.3, 0.4) is 0 Å². The molecule has 0 saturated carbocycles. The average Bonchev–Trinajstić information content (AvgIpc) is 3.10. The maximum absolute atomic E-state index is 16.0. The van der Waals surface area contributed by atoms with Gasteiger partial charge in [0.05, 0.1) is 11.0 Å². The Kier molecular flexibility index (Phi) is 7.84. The van der Waals surface area contributed by atoms with Crippen molar-refractivity contribution in [3.05, 3.63) is 65.5 Å². The first-order valence-electron chi connectivity index (χ1n) is 12.1. The van der Waals surface area contributed by atoms with Gasteiger partial charge in [-0.3, -0.25) is 4.79 Å². The van der Waals surface area contributed by atoms with E-state index < -0.39 is 52.9 Å². The predicted octanol–water partition coefficient (Wildman–Crippen LogP) is 5.85. The fraction of sp³-hybridized carbons (Fsp3) is 0.500. The minimum atomic E-state index is -4.44. The van der Waals surface area contributed by atoms with E-state index >= 15 is 8.78 Å². The molecule has 1 fully saturated rings. The van der Waals surface area contributed by atoms with Crippen LogP contribution >= 0.6 is 0 Å². The van der Waals surface area contributed by atoms with Crippen LogP contribution in [0.2, 0.25) is 19.6 Å². The van der Waals surface area contributed by atoms with E-state index in [0.29, 0.717) is 9.87 Å². The van der Waals surface area contributed by atoms with Gasteiger partial charge in [0.1, 0.15) is 19.3 Å². The summed E-state index contributed by atoms with van der Waals surface area (Å²) in [6, 6.07) is 10.2. The molecule has 0 spiro atoms. The molecule has 2 unspecified atom stereocenters. The van der Waals surface area contributed by atoms with Crippen LogP contribution in [0.15, 0.2) is 53.4 Å². The molecule has 3 atom stereocenters. The molecule has 0 bridgehead atoms. The molecule has 2 aromatic rings. The molecule has 0 radical (unpaired) electrons. The van der Waals surface area contributed by atoms with Crippen molar-refractivity contribution in [2.75, 3.05) is 0 Å². The van der Waals surface area contributed by atoms with E-state index in [-0.39, 0.29) is 30.6 Å². The highest BCUT2D eigenvalue weighted by Crippen LogP contribution is 2.55. The summed E-state index contributed by atoms with van der Waals surface area (Å²) in [5, 5.41) is 10.6. The summed E-state index contributed by atoms with van der Waals surface area (Å²) in [5.74, 6) is -1.63. The number of carbonyl (C=O) groups is 1. The quantitative estimate of drug-likeness (QED) is 0.405. The smallest absolute Gasteiger partial charge is 0.266 e. The molecule has 1 amide bonds. The SMILES string of the molecule is CCC1(C(F)(F)[Si](C)(C)C)C[C@@H](CCC(O)c2cccc(F)c2)N(S(=O)(=O)c2ccc(C)cc2)C1=O. The first-order chi connectivity index (χ1) is 16.6. The average molecular weight is 542 g/mol. The van der Waals surface area contributed by atoms with E-state index in [1.54, 1.807) is 19.1 Å². The molecule has 5 nitrogen and oxygen atoms in total. The molecule has 198 valence electrons. The van der Waals surface area contributed by atoms with Crippen molar-refractivity contribution < 1.29 is 31.5 Å². The van der Waals surface area contributed by atoms with Gasteiger partial charge in [-0.1, -0.05) is 56.4 Å². The number of aliphatic hydroxyl groups excluding tert-OH is 1. The molecule has 1 heterocycles. The van der Waals surface area contributed by atoms with Crippen LogP contribution in [0.1, 0.15) is 49.8 Å². The summed E-state index contributed by atoms with van der Waals surface area (Å²) in [6.07, 6.45) is -1.78. The molecule has 0 aliphatic carbocycles. The van der Waals surface area contributed by atoms with Gasteiger partial charge in [0, 0.05) is 6.04 Å². The van der Waals surface area contributed by atoms with Crippen LogP contribution in [-0.4, -0.2) is 43.4 Å². The summed E-state index contributed by atoms with van der Waals surface area (Å²) in [7, 11) is -7.70. The number of benzene rings is 2. The van der Waals surface area contributed by atoms with Crippen LogP contribution in [0, 0.1) is 18.2 Å². The third-order valence-corrected chi connectivity index (χ3v) is 11.5. The monoisotopic (exact) mass is 541 g/mol. The molecule has 10 heteroatoms. The Hall–Kier alpha value is -2.17. The standard InChI is InChI=1S/C26H34F3NO4SSi/c1-6-25(26(28,29)36(3,4)5)17-21(12-15-23(31)19-8-7-9-20(27)16-19)30(24(25)32)35(33,34)22-13-10-18(2)11-14-22/h7-11,13-14,16,21,23,31H,6,12,15,17H2,1-5H3/t21-,23?,25?/m1/s1. The highest BCUT2D eigenvalue weighted by atomic mass is 32.2. The maximum Gasteiger partial charge on any atom is 0.266 e. The molecule has 0 aromatic heterocycles. The van der Waals surface area contributed by atoms with E-state index in [2.05, 4.69) is 0 Å². The normalized spacial score (nSPS) is 22.2. The van der Waals surface area contributed by atoms with E-state index in [4.69, 9.17) is 0 Å². The van der Waals surface area contributed by atoms with Gasteiger partial charge >= 0.3 is 0 Å². The number of halogens is 3. The fourth-order valence-electron chi connectivity index (χ4n) is 5.03. The topological polar surface area (TPSA) is 74.7 Å². The van der Waals surface area contributed by atoms with Crippen LogP contribution in [0.25, 0.3) is 0 Å². The fourth-order valence-corrected chi connectivity index (χ4v) is 8.52. The third kappa shape index (κ3) is 4.87. The lowest BCUT2D eigenvalue weighted by atomic mass is 9.81. The Balaban J connectivity index is 2.05. The van der Waals surface area contributed by atoms with Gasteiger partial charge in [0.2, 0.25) is 11.5 Å². The van der Waals surface area contributed by atoms with Gasteiger partial charge in [-0.15, -0.1) is 0 Å². The van der Waals surface area contributed by atoms with Gasteiger partial charge in [-0.05, 0) is 62.4 Å². The summed E-state index contributed by atoms with van der Waals surface area (Å²) in [6.45, 7) is 7.68. The number of alkyl halides is 2. The van der Waals surface area contributed by atoms with Gasteiger partial charge in [-0.25, -0.2) is 25.9 Å². The zero-order chi connectivity index (χ0) is 27.1. The zero-order valence-electron chi connectivity index (χ0n) is 21.3. The van der Waals surface area contributed by atoms with E-state index in [1.165, 1.54) is 63.0 Å². The van der Waals surface area contributed by atoms with Crippen molar-refractivity contribution in [3.63, 3.8) is 0 Å². The lowest BCUT2D eigenvalue weighted by Gasteiger charge is -2.41. The van der Waals surface area contributed by atoms with Crippen LogP contribution in [0.5, 0.6) is 0 Å². The lowest BCUT2D eigenvalue weighted by Crippen LogP contribution is -2.60. The number of hydrogen-bond acceptors (Lipinski definition) is 4. The lowest BCUT2D eigenvalue weighted by molar-refractivity contribution is -0.146. The number of rotatable bonds is 9. The zero-order valence-corrected chi connectivity index (χ0v) is 23.1. The second-order valence-electron chi connectivity index (χ2n) is 10.7. The first-order valence-corrected chi connectivity index (χ1v) is 17.0. The Bertz CT molecular complexity index is 1210. The second-order valence-corrected chi connectivity index (χ2v) is 17.6. The van der Waals surface area contributed by atoms with Gasteiger partial charge < -0.3 is 5.11 Å². The number of amides is 1. The van der Waals surface area contributed by atoms with Gasteiger partial charge in [0.25, 0.3) is 10.0 Å². The van der Waals surface area contributed by atoms with Crippen molar-refractivity contribution >= 4 is 24.0 Å². The van der Waals surface area contributed by atoms with Crippen molar-refractivity contribution in [1.29, 1.82) is 0 Å². The number of hydrogen-bond donors (Lipinski definition) is 1. The number of carbonyl (C=O) groups excluding carboxylic acids is 1. The number of aryl methyl sites for hydroxylation is 1. The van der Waals surface area contributed by atoms with Crippen molar-refractivity contribution in [2.45, 2.75) is 81.8 Å². The minimum Gasteiger partial charge on any atom is -0.388 e. The Morgan fingerprint density at radius 2 is 1.78 bits per heavy atom. The van der Waals surface area contributed by atoms with Crippen molar-refractivity contribution in [3.8, 4) is 0 Å². The Morgan fingerprint density at radius 1 is 1.17 bits per heavy atom. The Morgan fingerprint density at radius 3 is 2.31 bits per heavy atom. The molecule has 3 rings (SSSR count). The number of aliphatic hydroxyl groups is 1. The molecule has 1 N–H and O–H groups in total. The molecular weight excluding hydrogens is 507 g/mol. The van der Waals surface area contributed by atoms with Crippen molar-refractivity contribution in [2.24, 2.45) is 5.41 Å². The summed E-state index contributed by atoms with van der Waals surface area (Å²) in [4.78, 5) is 13.6.